The van der Waals surface area contributed by atoms with Gasteiger partial charge in [0.25, 0.3) is 0 Å². The molecule has 0 heterocycles. The number of nitrogens with one attached hydrogen (secondary N) is 1. The minimum Gasteiger partial charge on any atom is -0.497 e. The number of hydrogen-bond donors (Lipinski definition) is 1. The average molecular weight is 504 g/mol. The molecular weight excluding hydrogens is 466 g/mol. The normalized spacial score (nSPS) is 13.0. The van der Waals surface area contributed by atoms with Crippen molar-refractivity contribution < 1.29 is 22.7 Å². The number of benzene rings is 2. The summed E-state index contributed by atoms with van der Waals surface area (Å²) >= 11 is 0. The molecular formula is C26H37N3O5S. The van der Waals surface area contributed by atoms with Gasteiger partial charge in [0, 0.05) is 12.6 Å². The Bertz CT molecular complexity index is 1100. The summed E-state index contributed by atoms with van der Waals surface area (Å²) in [5.41, 5.74) is 2.22. The van der Waals surface area contributed by atoms with E-state index in [0.29, 0.717) is 17.9 Å². The maximum atomic E-state index is 13.7. The van der Waals surface area contributed by atoms with Gasteiger partial charge >= 0.3 is 0 Å². The molecule has 0 unspecified atom stereocenters. The molecule has 9 heteroatoms. The van der Waals surface area contributed by atoms with E-state index in [-0.39, 0.29) is 18.5 Å². The summed E-state index contributed by atoms with van der Waals surface area (Å²) < 4.78 is 31.5. The lowest BCUT2D eigenvalue weighted by molar-refractivity contribution is -0.140. The largest absolute Gasteiger partial charge is 0.497 e. The number of sulfonamides is 1. The van der Waals surface area contributed by atoms with Crippen molar-refractivity contribution in [3.05, 3.63) is 59.7 Å². The number of anilines is 1. The maximum absolute atomic E-state index is 13.7. The van der Waals surface area contributed by atoms with E-state index in [4.69, 9.17) is 4.74 Å². The lowest BCUT2D eigenvalue weighted by Gasteiger charge is -2.33. The monoisotopic (exact) mass is 503 g/mol. The van der Waals surface area contributed by atoms with Gasteiger partial charge in [-0.3, -0.25) is 13.9 Å². The highest BCUT2D eigenvalue weighted by atomic mass is 32.2. The third-order valence-corrected chi connectivity index (χ3v) is 7.17. The second-order valence-corrected chi connectivity index (χ2v) is 10.6. The third kappa shape index (κ3) is 7.71. The van der Waals surface area contributed by atoms with E-state index in [1.807, 2.05) is 52.0 Å². The molecule has 0 aromatic heterocycles. The molecule has 2 aromatic carbocycles. The lowest BCUT2D eigenvalue weighted by Crippen LogP contribution is -2.53. The Kier molecular flexibility index (Phi) is 10.1. The van der Waals surface area contributed by atoms with Crippen LogP contribution in [0.3, 0.4) is 0 Å². The van der Waals surface area contributed by atoms with Gasteiger partial charge in [0.05, 0.1) is 19.1 Å². The van der Waals surface area contributed by atoms with Gasteiger partial charge in [0.15, 0.2) is 0 Å². The molecule has 0 spiro atoms. The van der Waals surface area contributed by atoms with Gasteiger partial charge in [-0.15, -0.1) is 0 Å². The van der Waals surface area contributed by atoms with Crippen LogP contribution in [0.2, 0.25) is 0 Å². The zero-order valence-electron chi connectivity index (χ0n) is 21.4. The first-order chi connectivity index (χ1) is 16.5. The third-order valence-electron chi connectivity index (χ3n) is 6.03. The number of methoxy groups -OCH3 is 1. The molecule has 192 valence electrons. The van der Waals surface area contributed by atoms with Crippen LogP contribution < -0.4 is 14.4 Å². The van der Waals surface area contributed by atoms with Crippen molar-refractivity contribution in [1.29, 1.82) is 0 Å². The molecule has 8 nitrogen and oxygen atoms in total. The predicted octanol–water partition coefficient (Wildman–Crippen LogP) is 3.49. The number of ether oxygens (including phenoxy) is 1. The maximum Gasteiger partial charge on any atom is 0.244 e. The van der Waals surface area contributed by atoms with E-state index >= 15 is 0 Å². The quantitative estimate of drug-likeness (QED) is 0.478. The Morgan fingerprint density at radius 1 is 1.03 bits per heavy atom. The van der Waals surface area contributed by atoms with E-state index < -0.39 is 28.5 Å². The zero-order chi connectivity index (χ0) is 26.2. The second-order valence-electron chi connectivity index (χ2n) is 8.66. The highest BCUT2D eigenvalue weighted by molar-refractivity contribution is 7.92. The number of amides is 2. The van der Waals surface area contributed by atoms with E-state index in [1.54, 1.807) is 24.3 Å². The molecule has 2 aromatic rings. The summed E-state index contributed by atoms with van der Waals surface area (Å²) in [7, 11) is -2.26. The lowest BCUT2D eigenvalue weighted by atomic mass is 10.1. The van der Waals surface area contributed by atoms with E-state index in [1.165, 1.54) is 12.0 Å². The Labute approximate surface area is 209 Å². The van der Waals surface area contributed by atoms with Crippen LogP contribution >= 0.6 is 0 Å². The van der Waals surface area contributed by atoms with Crippen LogP contribution in [0.15, 0.2) is 48.5 Å². The van der Waals surface area contributed by atoms with Crippen molar-refractivity contribution >= 4 is 27.5 Å². The summed E-state index contributed by atoms with van der Waals surface area (Å²) in [4.78, 5) is 28.3. The van der Waals surface area contributed by atoms with E-state index in [0.717, 1.165) is 28.1 Å². The van der Waals surface area contributed by atoms with Crippen molar-refractivity contribution in [1.82, 2.24) is 10.2 Å². The van der Waals surface area contributed by atoms with Gasteiger partial charge in [0.2, 0.25) is 21.8 Å². The number of carbonyl (C=O) groups is 2. The Balaban J connectivity index is 2.44. The Morgan fingerprint density at radius 3 is 2.17 bits per heavy atom. The molecule has 0 aliphatic carbocycles. The zero-order valence-corrected chi connectivity index (χ0v) is 22.3. The van der Waals surface area contributed by atoms with Gasteiger partial charge in [-0.25, -0.2) is 8.42 Å². The molecule has 2 atom stereocenters. The smallest absolute Gasteiger partial charge is 0.244 e. The average Bonchev–Trinajstić information content (AvgIpc) is 2.82. The number of hydrogen-bond acceptors (Lipinski definition) is 5. The van der Waals surface area contributed by atoms with Crippen LogP contribution in [0.5, 0.6) is 5.75 Å². The van der Waals surface area contributed by atoms with Gasteiger partial charge in [-0.05, 0) is 62.1 Å². The van der Waals surface area contributed by atoms with E-state index in [2.05, 4.69) is 5.32 Å². The first-order valence-electron chi connectivity index (χ1n) is 11.8. The summed E-state index contributed by atoms with van der Waals surface area (Å²) in [5.74, 6) is -0.137. The summed E-state index contributed by atoms with van der Waals surface area (Å²) in [6.45, 7) is 7.44. The van der Waals surface area contributed by atoms with Crippen molar-refractivity contribution in [2.75, 3.05) is 24.2 Å². The van der Waals surface area contributed by atoms with Gasteiger partial charge in [-0.1, -0.05) is 38.1 Å². The van der Waals surface area contributed by atoms with Crippen molar-refractivity contribution in [2.45, 2.75) is 59.2 Å². The molecule has 0 saturated heterocycles. The number of nitrogens with zero attached hydrogens (tertiary/aromatic N) is 2. The van der Waals surface area contributed by atoms with Crippen molar-refractivity contribution in [2.24, 2.45) is 0 Å². The molecule has 0 saturated carbocycles. The summed E-state index contributed by atoms with van der Waals surface area (Å²) in [6, 6.07) is 13.3. The first-order valence-corrected chi connectivity index (χ1v) is 13.6. The van der Waals surface area contributed by atoms with Gasteiger partial charge in [0.1, 0.15) is 18.3 Å². The highest BCUT2D eigenvalue weighted by Gasteiger charge is 2.32. The fraction of sp³-hybridized carbons (Fsp3) is 0.462. The van der Waals surface area contributed by atoms with E-state index in [9.17, 15) is 18.0 Å². The van der Waals surface area contributed by atoms with Crippen LogP contribution in [0.25, 0.3) is 0 Å². The number of rotatable bonds is 12. The Morgan fingerprint density at radius 2 is 1.66 bits per heavy atom. The topological polar surface area (TPSA) is 96.0 Å². The first kappa shape index (κ1) is 28.2. The van der Waals surface area contributed by atoms with Crippen molar-refractivity contribution in [3.63, 3.8) is 0 Å². The molecule has 2 amide bonds. The minimum atomic E-state index is -3.78. The fourth-order valence-corrected chi connectivity index (χ4v) is 4.54. The minimum absolute atomic E-state index is 0.0428. The molecule has 0 bridgehead atoms. The number of carbonyl (C=O) groups excluding carboxylic acids is 2. The molecule has 2 rings (SSSR count). The van der Waals surface area contributed by atoms with Crippen LogP contribution in [0.1, 0.15) is 44.7 Å². The van der Waals surface area contributed by atoms with Crippen LogP contribution in [-0.4, -0.2) is 57.1 Å². The molecule has 0 aliphatic heterocycles. The molecule has 0 radical (unpaired) electrons. The van der Waals surface area contributed by atoms with Crippen LogP contribution in [-0.2, 0) is 26.2 Å². The molecule has 1 N–H and O–H groups in total. The van der Waals surface area contributed by atoms with Gasteiger partial charge in [-0.2, -0.15) is 0 Å². The predicted molar refractivity (Wildman–Crippen MR) is 139 cm³/mol. The summed E-state index contributed by atoms with van der Waals surface area (Å²) in [6.07, 6.45) is 2.21. The Hall–Kier alpha value is -3.07. The van der Waals surface area contributed by atoms with Crippen LogP contribution in [0, 0.1) is 6.92 Å². The standard InChI is InChI=1S/C26H37N3O5S/c1-7-20(4)27-26(31)24(8-2)28(17-21-12-10-9-11-19(21)3)25(30)18-29(35(6,32)33)22-13-15-23(34-5)16-14-22/h9-16,20,24H,7-8,17-18H2,1-6H3,(H,27,31)/t20-,24+/m1/s1. The number of aryl methyl sites for hydroxylation is 1. The summed E-state index contributed by atoms with van der Waals surface area (Å²) in [5, 5.41) is 2.97. The second kappa shape index (κ2) is 12.6. The van der Waals surface area contributed by atoms with Crippen LogP contribution in [0.4, 0.5) is 5.69 Å². The van der Waals surface area contributed by atoms with Crippen molar-refractivity contribution in [3.8, 4) is 5.75 Å². The SMILES string of the molecule is CC[C@@H](C)NC(=O)[C@H](CC)N(Cc1ccccc1C)C(=O)CN(c1ccc(OC)cc1)S(C)(=O)=O. The molecule has 0 aliphatic rings. The molecule has 0 fully saturated rings. The van der Waals surface area contributed by atoms with Gasteiger partial charge < -0.3 is 15.0 Å². The molecule has 35 heavy (non-hydrogen) atoms. The fourth-order valence-electron chi connectivity index (χ4n) is 3.69. The highest BCUT2D eigenvalue weighted by Crippen LogP contribution is 2.23.